The van der Waals surface area contributed by atoms with Crippen LogP contribution < -0.4 is 0 Å². The Morgan fingerprint density at radius 3 is 2.74 bits per heavy atom. The summed E-state index contributed by atoms with van der Waals surface area (Å²) in [4.78, 5) is 4.06. The van der Waals surface area contributed by atoms with E-state index in [0.717, 1.165) is 11.5 Å². The predicted octanol–water partition coefficient (Wildman–Crippen LogP) is 4.58. The van der Waals surface area contributed by atoms with Gasteiger partial charge in [0.2, 0.25) is 5.88 Å². The molecule has 3 heterocycles. The first-order chi connectivity index (χ1) is 11.3. The number of hydrogen-bond acceptors (Lipinski definition) is 5. The standard InChI is InChI=1S/C16H13FN4OS/c17-12-5-3-4-11-14(20-19-13-6-1-2-7-18-13)16(22)21(15(11)12)10-8-23-9-10/h1-7,10,22H,8-9H2. The van der Waals surface area contributed by atoms with E-state index in [1.165, 1.54) is 6.07 Å². The Hall–Kier alpha value is -2.41. The van der Waals surface area contributed by atoms with Gasteiger partial charge in [-0.3, -0.25) is 0 Å². The van der Waals surface area contributed by atoms with Crippen LogP contribution in [0.5, 0.6) is 5.88 Å². The number of aromatic nitrogens is 2. The summed E-state index contributed by atoms with van der Waals surface area (Å²) < 4.78 is 15.9. The molecule has 0 bridgehead atoms. The number of rotatable bonds is 3. The summed E-state index contributed by atoms with van der Waals surface area (Å²) in [6.45, 7) is 0. The van der Waals surface area contributed by atoms with Gasteiger partial charge in [-0.1, -0.05) is 18.2 Å². The normalized spacial score (nSPS) is 15.3. The predicted molar refractivity (Wildman–Crippen MR) is 88.3 cm³/mol. The maximum atomic E-state index is 14.3. The summed E-state index contributed by atoms with van der Waals surface area (Å²) in [5.41, 5.74) is 0.660. The third-order valence-electron chi connectivity index (χ3n) is 3.81. The molecule has 0 aliphatic carbocycles. The van der Waals surface area contributed by atoms with Crippen molar-refractivity contribution in [2.75, 3.05) is 11.5 Å². The molecule has 5 nitrogen and oxygen atoms in total. The molecule has 23 heavy (non-hydrogen) atoms. The van der Waals surface area contributed by atoms with E-state index in [0.29, 0.717) is 16.7 Å². The molecule has 1 saturated heterocycles. The highest BCUT2D eigenvalue weighted by atomic mass is 32.2. The van der Waals surface area contributed by atoms with Gasteiger partial charge in [-0.25, -0.2) is 9.37 Å². The zero-order valence-corrected chi connectivity index (χ0v) is 12.9. The van der Waals surface area contributed by atoms with Crippen molar-refractivity contribution in [3.8, 4) is 5.88 Å². The van der Waals surface area contributed by atoms with Crippen LogP contribution in [0.25, 0.3) is 10.9 Å². The van der Waals surface area contributed by atoms with Crippen LogP contribution in [0.1, 0.15) is 6.04 Å². The fourth-order valence-corrected chi connectivity index (χ4v) is 3.38. The quantitative estimate of drug-likeness (QED) is 0.716. The molecule has 4 rings (SSSR count). The Labute approximate surface area is 135 Å². The molecule has 0 atom stereocenters. The monoisotopic (exact) mass is 328 g/mol. The lowest BCUT2D eigenvalue weighted by atomic mass is 10.2. The summed E-state index contributed by atoms with van der Waals surface area (Å²) >= 11 is 1.76. The maximum Gasteiger partial charge on any atom is 0.221 e. The number of hydrogen-bond donors (Lipinski definition) is 1. The van der Waals surface area contributed by atoms with Crippen molar-refractivity contribution in [2.45, 2.75) is 6.04 Å². The Balaban J connectivity index is 1.88. The molecule has 3 aromatic rings. The molecule has 0 saturated carbocycles. The lowest BCUT2D eigenvalue weighted by Crippen LogP contribution is -2.22. The van der Waals surface area contributed by atoms with Gasteiger partial charge in [0.1, 0.15) is 5.82 Å². The second kappa shape index (κ2) is 5.66. The highest BCUT2D eigenvalue weighted by Crippen LogP contribution is 2.45. The number of azo groups is 1. The fraction of sp³-hybridized carbons (Fsp3) is 0.188. The molecule has 1 N–H and O–H groups in total. The number of nitrogens with zero attached hydrogens (tertiary/aromatic N) is 4. The number of para-hydroxylation sites is 1. The molecule has 116 valence electrons. The minimum absolute atomic E-state index is 0.0462. The Morgan fingerprint density at radius 2 is 2.04 bits per heavy atom. The molecule has 0 unspecified atom stereocenters. The van der Waals surface area contributed by atoms with E-state index < -0.39 is 0 Å². The van der Waals surface area contributed by atoms with Crippen molar-refractivity contribution in [3.05, 3.63) is 48.4 Å². The minimum Gasteiger partial charge on any atom is -0.493 e. The third-order valence-corrected chi connectivity index (χ3v) is 5.05. The summed E-state index contributed by atoms with van der Waals surface area (Å²) in [7, 11) is 0. The van der Waals surface area contributed by atoms with Crippen LogP contribution in [0.3, 0.4) is 0 Å². The van der Waals surface area contributed by atoms with Crippen LogP contribution in [0, 0.1) is 5.82 Å². The summed E-state index contributed by atoms with van der Waals surface area (Å²) in [5, 5.41) is 19.3. The Kier molecular flexibility index (Phi) is 3.49. The number of aromatic hydroxyl groups is 1. The lowest BCUT2D eigenvalue weighted by Gasteiger charge is -2.27. The fourth-order valence-electron chi connectivity index (χ4n) is 2.63. The minimum atomic E-state index is -0.367. The van der Waals surface area contributed by atoms with Crippen LogP contribution in [0.15, 0.2) is 52.8 Å². The molecule has 1 aliphatic rings. The van der Waals surface area contributed by atoms with E-state index in [1.54, 1.807) is 52.9 Å². The zero-order chi connectivity index (χ0) is 15.8. The topological polar surface area (TPSA) is 62.8 Å². The van der Waals surface area contributed by atoms with E-state index in [1.807, 2.05) is 0 Å². The van der Waals surface area contributed by atoms with Crippen LogP contribution >= 0.6 is 11.8 Å². The number of pyridine rings is 1. The largest absolute Gasteiger partial charge is 0.493 e. The van der Waals surface area contributed by atoms with Crippen molar-refractivity contribution in [1.29, 1.82) is 0 Å². The van der Waals surface area contributed by atoms with E-state index in [9.17, 15) is 9.50 Å². The summed E-state index contributed by atoms with van der Waals surface area (Å²) in [6, 6.07) is 10.1. The van der Waals surface area contributed by atoms with Crippen molar-refractivity contribution in [1.82, 2.24) is 9.55 Å². The van der Waals surface area contributed by atoms with Gasteiger partial charge in [-0.15, -0.1) is 10.2 Å². The molecule has 0 radical (unpaired) electrons. The summed E-state index contributed by atoms with van der Waals surface area (Å²) in [6.07, 6.45) is 1.61. The SMILES string of the molecule is Oc1c(N=Nc2ccccn2)c2cccc(F)c2n1C1CSC1. The Morgan fingerprint density at radius 1 is 1.17 bits per heavy atom. The molecule has 1 aromatic carbocycles. The van der Waals surface area contributed by atoms with E-state index in [2.05, 4.69) is 15.2 Å². The molecule has 1 fully saturated rings. The van der Waals surface area contributed by atoms with Crippen molar-refractivity contribution in [3.63, 3.8) is 0 Å². The van der Waals surface area contributed by atoms with Crippen molar-refractivity contribution < 1.29 is 9.50 Å². The number of benzene rings is 1. The average molecular weight is 328 g/mol. The molecule has 7 heteroatoms. The molecule has 2 aromatic heterocycles. The van der Waals surface area contributed by atoms with Crippen LogP contribution in [-0.4, -0.2) is 26.2 Å². The van der Waals surface area contributed by atoms with Crippen LogP contribution in [0.2, 0.25) is 0 Å². The highest BCUT2D eigenvalue weighted by molar-refractivity contribution is 8.00. The second-order valence-corrected chi connectivity index (χ2v) is 6.33. The first kappa shape index (κ1) is 14.2. The van der Waals surface area contributed by atoms with Crippen molar-refractivity contribution in [2.24, 2.45) is 10.2 Å². The highest BCUT2D eigenvalue weighted by Gasteiger charge is 2.28. The van der Waals surface area contributed by atoms with Crippen LogP contribution in [0.4, 0.5) is 15.9 Å². The number of thioether (sulfide) groups is 1. The molecule has 0 spiro atoms. The van der Waals surface area contributed by atoms with Gasteiger partial charge in [0.25, 0.3) is 0 Å². The average Bonchev–Trinajstić information content (AvgIpc) is 2.79. The van der Waals surface area contributed by atoms with Gasteiger partial charge in [0.05, 0.1) is 11.6 Å². The van der Waals surface area contributed by atoms with E-state index in [4.69, 9.17) is 0 Å². The summed E-state index contributed by atoms with van der Waals surface area (Å²) in [5.74, 6) is 1.72. The second-order valence-electron chi connectivity index (χ2n) is 5.26. The first-order valence-electron chi connectivity index (χ1n) is 7.17. The van der Waals surface area contributed by atoms with E-state index >= 15 is 0 Å². The van der Waals surface area contributed by atoms with E-state index in [-0.39, 0.29) is 23.4 Å². The number of halogens is 1. The van der Waals surface area contributed by atoms with Gasteiger partial charge in [-0.2, -0.15) is 11.8 Å². The smallest absolute Gasteiger partial charge is 0.221 e. The third kappa shape index (κ3) is 2.37. The van der Waals surface area contributed by atoms with Gasteiger partial charge in [0.15, 0.2) is 11.5 Å². The molecule has 0 amide bonds. The van der Waals surface area contributed by atoms with Crippen LogP contribution in [-0.2, 0) is 0 Å². The van der Waals surface area contributed by atoms with Gasteiger partial charge in [0, 0.05) is 23.1 Å². The van der Waals surface area contributed by atoms with Gasteiger partial charge in [-0.05, 0) is 18.2 Å². The van der Waals surface area contributed by atoms with Gasteiger partial charge < -0.3 is 9.67 Å². The maximum absolute atomic E-state index is 14.3. The lowest BCUT2D eigenvalue weighted by molar-refractivity contribution is 0.404. The Bertz CT molecular complexity index is 890. The zero-order valence-electron chi connectivity index (χ0n) is 12.1. The first-order valence-corrected chi connectivity index (χ1v) is 8.33. The molecular formula is C16H13FN4OS. The number of fused-ring (bicyclic) bond motifs is 1. The van der Waals surface area contributed by atoms with Gasteiger partial charge >= 0.3 is 0 Å². The molecule has 1 aliphatic heterocycles. The molecular weight excluding hydrogens is 315 g/mol. The van der Waals surface area contributed by atoms with Crippen molar-refractivity contribution >= 4 is 34.2 Å².